The molecule has 0 aliphatic carbocycles. The van der Waals surface area contributed by atoms with Gasteiger partial charge in [-0.3, -0.25) is 4.79 Å². The SMILES string of the molecule is CCN/C=C(/CC[C@H](c1ccc(C)c(CN(Cc2cccc(C(=O)OC(C)(C)C)c2)S(=O)(=O)c2ccccc2)c1)C(C)(C)C(=O)OC)N=N. The minimum Gasteiger partial charge on any atom is -0.469 e. The molecule has 3 aromatic carbocycles. The molecule has 0 unspecified atom stereocenters. The van der Waals surface area contributed by atoms with E-state index in [1.165, 1.54) is 11.4 Å². The van der Waals surface area contributed by atoms with Crippen LogP contribution in [0.1, 0.15) is 92.9 Å². The molecule has 2 N–H and O–H groups in total. The Morgan fingerprint density at radius 3 is 2.29 bits per heavy atom. The maximum Gasteiger partial charge on any atom is 0.338 e. The summed E-state index contributed by atoms with van der Waals surface area (Å²) in [7, 11) is -2.63. The third-order valence-corrected chi connectivity index (χ3v) is 10.1. The third-order valence-electron chi connectivity index (χ3n) is 8.31. The molecule has 0 fully saturated rings. The number of hydrogen-bond acceptors (Lipinski definition) is 9. The summed E-state index contributed by atoms with van der Waals surface area (Å²) >= 11 is 0. The van der Waals surface area contributed by atoms with Crippen molar-refractivity contribution in [1.82, 2.24) is 9.62 Å². The maximum absolute atomic E-state index is 14.2. The average molecular weight is 691 g/mol. The normalized spacial score (nSPS) is 13.1. The largest absolute Gasteiger partial charge is 0.469 e. The van der Waals surface area contributed by atoms with Crippen LogP contribution >= 0.6 is 0 Å². The van der Waals surface area contributed by atoms with Crippen LogP contribution in [-0.2, 0) is 37.4 Å². The Kier molecular flexibility index (Phi) is 13.4. The quantitative estimate of drug-likeness (QED) is 0.115. The monoisotopic (exact) mass is 690 g/mol. The topological polar surface area (TPSA) is 138 Å². The van der Waals surface area contributed by atoms with Gasteiger partial charge in [-0.1, -0.05) is 48.5 Å². The number of carbonyl (C=O) groups is 2. The number of esters is 2. The van der Waals surface area contributed by atoms with E-state index in [4.69, 9.17) is 15.0 Å². The molecule has 3 rings (SSSR count). The van der Waals surface area contributed by atoms with Crippen LogP contribution < -0.4 is 5.32 Å². The lowest BCUT2D eigenvalue weighted by Gasteiger charge is -2.33. The van der Waals surface area contributed by atoms with Crippen molar-refractivity contribution in [1.29, 1.82) is 5.53 Å². The lowest BCUT2D eigenvalue weighted by atomic mass is 9.72. The standard InChI is InChI=1S/C38H50N4O6S/c1-9-40-24-32(41-39)20-21-34(38(6,7)36(44)47-8)29-19-18-27(2)31(23-29)26-42(49(45,46)33-16-11-10-12-17-33)25-28-14-13-15-30(22-28)35(43)48-37(3,4)5/h10-19,22-24,34,39-40H,9,20-21,25-26H2,1-8H3/b32-24-,41-39?/t34-/m1/s1. The molecule has 0 saturated carbocycles. The Morgan fingerprint density at radius 2 is 1.67 bits per heavy atom. The summed E-state index contributed by atoms with van der Waals surface area (Å²) in [4.78, 5) is 26.1. The Hall–Kier alpha value is -4.35. The fourth-order valence-electron chi connectivity index (χ4n) is 5.60. The second-order valence-corrected chi connectivity index (χ2v) is 15.5. The van der Waals surface area contributed by atoms with Gasteiger partial charge < -0.3 is 14.8 Å². The van der Waals surface area contributed by atoms with Crippen molar-refractivity contribution in [3.05, 3.63) is 113 Å². The lowest BCUT2D eigenvalue weighted by Crippen LogP contribution is -2.33. The maximum atomic E-state index is 14.2. The lowest BCUT2D eigenvalue weighted by molar-refractivity contribution is -0.152. The zero-order valence-corrected chi connectivity index (χ0v) is 30.7. The predicted octanol–water partition coefficient (Wildman–Crippen LogP) is 7.89. The zero-order chi connectivity index (χ0) is 36.4. The minimum absolute atomic E-state index is 0.00178. The molecule has 0 aromatic heterocycles. The molecule has 0 amide bonds. The van der Waals surface area contributed by atoms with Crippen molar-refractivity contribution in [2.24, 2.45) is 10.5 Å². The second kappa shape index (κ2) is 16.8. The van der Waals surface area contributed by atoms with Crippen LogP contribution in [0.25, 0.3) is 0 Å². The number of benzene rings is 3. The van der Waals surface area contributed by atoms with Gasteiger partial charge in [0.25, 0.3) is 0 Å². The van der Waals surface area contributed by atoms with Gasteiger partial charge in [-0.25, -0.2) is 18.7 Å². The van der Waals surface area contributed by atoms with E-state index in [9.17, 15) is 18.0 Å². The van der Waals surface area contributed by atoms with Crippen LogP contribution in [0.3, 0.4) is 0 Å². The van der Waals surface area contributed by atoms with E-state index in [-0.39, 0.29) is 29.9 Å². The summed E-state index contributed by atoms with van der Waals surface area (Å²) in [5.41, 5.74) is 10.0. The van der Waals surface area contributed by atoms with Gasteiger partial charge in [-0.2, -0.15) is 9.42 Å². The summed E-state index contributed by atoms with van der Waals surface area (Å²) in [5, 5.41) is 6.75. The molecule has 1 atom stereocenters. The van der Waals surface area contributed by atoms with Crippen LogP contribution in [-0.4, -0.2) is 43.9 Å². The van der Waals surface area contributed by atoms with E-state index in [0.717, 1.165) is 16.7 Å². The van der Waals surface area contributed by atoms with E-state index in [1.54, 1.807) is 81.6 Å². The van der Waals surface area contributed by atoms with Gasteiger partial charge in [0.05, 0.1) is 28.7 Å². The number of ether oxygens (including phenoxy) is 2. The number of nitrogens with one attached hydrogen (secondary N) is 2. The van der Waals surface area contributed by atoms with Gasteiger partial charge in [-0.05, 0) is 114 Å². The summed E-state index contributed by atoms with van der Waals surface area (Å²) in [6.45, 7) is 13.6. The highest BCUT2D eigenvalue weighted by atomic mass is 32.2. The van der Waals surface area contributed by atoms with E-state index in [1.807, 2.05) is 45.9 Å². The molecule has 49 heavy (non-hydrogen) atoms. The van der Waals surface area contributed by atoms with Crippen molar-refractivity contribution in [2.45, 2.75) is 90.8 Å². The van der Waals surface area contributed by atoms with Gasteiger partial charge in [0, 0.05) is 25.8 Å². The molecule has 0 spiro atoms. The number of nitrogens with zero attached hydrogens (tertiary/aromatic N) is 2. The first kappa shape index (κ1) is 39.1. The summed E-state index contributed by atoms with van der Waals surface area (Å²) < 4.78 is 40.5. The Balaban J connectivity index is 2.09. The Labute approximate surface area is 291 Å². The molecule has 0 radical (unpaired) electrons. The van der Waals surface area contributed by atoms with Gasteiger partial charge in [0.1, 0.15) is 5.60 Å². The second-order valence-electron chi connectivity index (χ2n) is 13.6. The van der Waals surface area contributed by atoms with E-state index in [0.29, 0.717) is 36.2 Å². The molecule has 0 aliphatic heterocycles. The van der Waals surface area contributed by atoms with Gasteiger partial charge in [0.2, 0.25) is 10.0 Å². The molecule has 0 aliphatic rings. The van der Waals surface area contributed by atoms with Crippen molar-refractivity contribution >= 4 is 22.0 Å². The van der Waals surface area contributed by atoms with Crippen molar-refractivity contribution in [3.8, 4) is 0 Å². The summed E-state index contributed by atoms with van der Waals surface area (Å²) in [6.07, 6.45) is 2.64. The molecular weight excluding hydrogens is 641 g/mol. The minimum atomic E-state index is -3.99. The number of sulfonamides is 1. The number of hydrogen-bond donors (Lipinski definition) is 2. The predicted molar refractivity (Wildman–Crippen MR) is 190 cm³/mol. The number of rotatable bonds is 16. The Bertz CT molecular complexity index is 1750. The van der Waals surface area contributed by atoms with E-state index < -0.39 is 27.0 Å². The van der Waals surface area contributed by atoms with Crippen LogP contribution in [0.2, 0.25) is 0 Å². The molecule has 264 valence electrons. The van der Waals surface area contributed by atoms with Gasteiger partial charge in [-0.15, -0.1) is 0 Å². The Morgan fingerprint density at radius 1 is 0.980 bits per heavy atom. The van der Waals surface area contributed by atoms with Gasteiger partial charge >= 0.3 is 11.9 Å². The van der Waals surface area contributed by atoms with Crippen LogP contribution in [0, 0.1) is 17.9 Å². The zero-order valence-electron chi connectivity index (χ0n) is 29.9. The summed E-state index contributed by atoms with van der Waals surface area (Å²) in [5.74, 6) is -1.20. The molecule has 0 heterocycles. The highest BCUT2D eigenvalue weighted by Gasteiger charge is 2.39. The van der Waals surface area contributed by atoms with Crippen LogP contribution in [0.15, 0.2) is 94.7 Å². The number of methoxy groups -OCH3 is 1. The highest BCUT2D eigenvalue weighted by molar-refractivity contribution is 7.89. The molecule has 11 heteroatoms. The first-order valence-corrected chi connectivity index (χ1v) is 17.8. The first-order chi connectivity index (χ1) is 23.0. The number of aryl methyl sites for hydroxylation is 1. The molecular formula is C38H50N4O6S. The van der Waals surface area contributed by atoms with Crippen molar-refractivity contribution in [3.63, 3.8) is 0 Å². The average Bonchev–Trinajstić information content (AvgIpc) is 3.06. The third kappa shape index (κ3) is 10.6. The molecule has 0 saturated heterocycles. The fraction of sp³-hybridized carbons (Fsp3) is 0.421. The van der Waals surface area contributed by atoms with Crippen molar-refractivity contribution in [2.75, 3.05) is 13.7 Å². The number of allylic oxidation sites excluding steroid dienone is 1. The smallest absolute Gasteiger partial charge is 0.338 e. The fourth-order valence-corrected chi connectivity index (χ4v) is 7.02. The van der Waals surface area contributed by atoms with Crippen molar-refractivity contribution < 1.29 is 27.5 Å². The first-order valence-electron chi connectivity index (χ1n) is 16.4. The van der Waals surface area contributed by atoms with Crippen LogP contribution in [0.5, 0.6) is 0 Å². The van der Waals surface area contributed by atoms with Gasteiger partial charge in [0.15, 0.2) is 0 Å². The van der Waals surface area contributed by atoms with E-state index >= 15 is 0 Å². The van der Waals surface area contributed by atoms with Crippen LogP contribution in [0.4, 0.5) is 0 Å². The number of carbonyl (C=O) groups excluding carboxylic acids is 2. The summed E-state index contributed by atoms with van der Waals surface area (Å²) in [6, 6.07) is 20.9. The molecule has 10 nitrogen and oxygen atoms in total. The van der Waals surface area contributed by atoms with E-state index in [2.05, 4.69) is 10.4 Å². The molecule has 3 aromatic rings. The molecule has 0 bridgehead atoms. The highest BCUT2D eigenvalue weighted by Crippen LogP contribution is 2.41.